The molecule has 0 bridgehead atoms. The fourth-order valence-corrected chi connectivity index (χ4v) is 3.11. The van der Waals surface area contributed by atoms with Crippen molar-refractivity contribution < 1.29 is 0 Å². The van der Waals surface area contributed by atoms with E-state index in [2.05, 4.69) is 48.4 Å². The number of rotatable bonds is 5. The number of benzene rings is 1. The van der Waals surface area contributed by atoms with E-state index < -0.39 is 0 Å². The van der Waals surface area contributed by atoms with Crippen LogP contribution in [0.15, 0.2) is 29.3 Å². The third kappa shape index (κ3) is 3.53. The Kier molecular flexibility index (Phi) is 5.05. The van der Waals surface area contributed by atoms with Crippen molar-refractivity contribution in [1.82, 2.24) is 5.32 Å². The molecular formula is C17H27N3. The lowest BCUT2D eigenvalue weighted by molar-refractivity contribution is 0.453. The highest BCUT2D eigenvalue weighted by atomic mass is 15.1. The summed E-state index contributed by atoms with van der Waals surface area (Å²) in [5.41, 5.74) is 8.90. The predicted octanol–water partition coefficient (Wildman–Crippen LogP) is 3.12. The molecule has 20 heavy (non-hydrogen) atoms. The Hall–Kier alpha value is -1.51. The third-order valence-electron chi connectivity index (χ3n) is 4.30. The van der Waals surface area contributed by atoms with Gasteiger partial charge in [0.25, 0.3) is 0 Å². The molecule has 3 N–H and O–H groups in total. The number of hydrogen-bond donors (Lipinski definition) is 2. The van der Waals surface area contributed by atoms with Crippen molar-refractivity contribution in [1.29, 1.82) is 0 Å². The summed E-state index contributed by atoms with van der Waals surface area (Å²) in [5, 5.41) is 3.16. The normalized spacial score (nSPS) is 18.2. The highest BCUT2D eigenvalue weighted by molar-refractivity contribution is 5.77. The van der Waals surface area contributed by atoms with E-state index in [9.17, 15) is 0 Å². The lowest BCUT2D eigenvalue weighted by Crippen LogP contribution is -2.35. The zero-order valence-electron chi connectivity index (χ0n) is 12.8. The van der Waals surface area contributed by atoms with Crippen LogP contribution in [0, 0.1) is 6.92 Å². The summed E-state index contributed by atoms with van der Waals surface area (Å²) in [6.07, 6.45) is 6.11. The highest BCUT2D eigenvalue weighted by Gasteiger charge is 2.35. The van der Waals surface area contributed by atoms with Gasteiger partial charge in [0.2, 0.25) is 0 Å². The largest absolute Gasteiger partial charge is 0.370 e. The molecule has 0 amide bonds. The second-order valence-electron chi connectivity index (χ2n) is 5.99. The molecule has 1 aromatic carbocycles. The van der Waals surface area contributed by atoms with Crippen LogP contribution in [0.4, 0.5) is 0 Å². The van der Waals surface area contributed by atoms with Crippen molar-refractivity contribution in [3.8, 4) is 0 Å². The van der Waals surface area contributed by atoms with E-state index in [4.69, 9.17) is 5.73 Å². The number of guanidine groups is 1. The predicted molar refractivity (Wildman–Crippen MR) is 86.1 cm³/mol. The van der Waals surface area contributed by atoms with Crippen LogP contribution in [0.2, 0.25) is 0 Å². The first-order chi connectivity index (χ1) is 9.66. The summed E-state index contributed by atoms with van der Waals surface area (Å²) >= 11 is 0. The maximum atomic E-state index is 5.94. The molecule has 1 aromatic rings. The minimum atomic E-state index is 0.199. The molecule has 0 atom stereocenters. The van der Waals surface area contributed by atoms with Crippen molar-refractivity contribution in [3.05, 3.63) is 35.4 Å². The van der Waals surface area contributed by atoms with Gasteiger partial charge in [-0.2, -0.15) is 0 Å². The molecule has 1 aliphatic carbocycles. The van der Waals surface area contributed by atoms with E-state index in [0.717, 1.165) is 19.5 Å². The average Bonchev–Trinajstić information content (AvgIpc) is 2.93. The van der Waals surface area contributed by atoms with Gasteiger partial charge in [-0.25, -0.2) is 0 Å². The quantitative estimate of drug-likeness (QED) is 0.639. The number of aliphatic imine (C=N–C) groups is 1. The third-order valence-corrected chi connectivity index (χ3v) is 4.30. The van der Waals surface area contributed by atoms with Gasteiger partial charge >= 0.3 is 0 Å². The van der Waals surface area contributed by atoms with Gasteiger partial charge in [0, 0.05) is 12.0 Å². The zero-order chi connectivity index (χ0) is 14.4. The van der Waals surface area contributed by atoms with E-state index in [0.29, 0.717) is 5.96 Å². The average molecular weight is 273 g/mol. The van der Waals surface area contributed by atoms with Gasteiger partial charge in [-0.3, -0.25) is 4.99 Å². The summed E-state index contributed by atoms with van der Waals surface area (Å²) in [5.74, 6) is 0.589. The molecule has 0 aliphatic heterocycles. The van der Waals surface area contributed by atoms with E-state index in [1.165, 1.54) is 36.8 Å². The van der Waals surface area contributed by atoms with Crippen LogP contribution in [-0.4, -0.2) is 19.0 Å². The number of hydrogen-bond acceptors (Lipinski definition) is 1. The van der Waals surface area contributed by atoms with Gasteiger partial charge < -0.3 is 11.1 Å². The second-order valence-corrected chi connectivity index (χ2v) is 5.99. The molecule has 3 nitrogen and oxygen atoms in total. The monoisotopic (exact) mass is 273 g/mol. The number of aryl methyl sites for hydroxylation is 1. The number of nitrogens with one attached hydrogen (secondary N) is 1. The van der Waals surface area contributed by atoms with Crippen molar-refractivity contribution in [2.75, 3.05) is 13.1 Å². The molecule has 0 spiro atoms. The summed E-state index contributed by atoms with van der Waals surface area (Å²) in [7, 11) is 0. The van der Waals surface area contributed by atoms with Crippen LogP contribution in [0.1, 0.15) is 50.2 Å². The molecule has 110 valence electrons. The summed E-state index contributed by atoms with van der Waals surface area (Å²) in [6, 6.07) is 8.89. The minimum absolute atomic E-state index is 0.199. The Balaban J connectivity index is 2.14. The van der Waals surface area contributed by atoms with Crippen LogP contribution in [0.3, 0.4) is 0 Å². The van der Waals surface area contributed by atoms with Gasteiger partial charge in [0.1, 0.15) is 0 Å². The standard InChI is InChI=1S/C17H27N3/c1-3-11-19-16(18)20-13-17(9-4-5-10-17)15-8-6-7-14(2)12-15/h6-8,12H,3-5,9-11,13H2,1-2H3,(H3,18,19,20). The van der Waals surface area contributed by atoms with Gasteiger partial charge in [-0.1, -0.05) is 49.6 Å². The Morgan fingerprint density at radius 1 is 1.35 bits per heavy atom. The van der Waals surface area contributed by atoms with Crippen molar-refractivity contribution >= 4 is 5.96 Å². The number of nitrogens with two attached hydrogens (primary N) is 1. The number of nitrogens with zero attached hydrogens (tertiary/aromatic N) is 1. The molecule has 3 heteroatoms. The Morgan fingerprint density at radius 2 is 2.10 bits per heavy atom. The molecule has 2 rings (SSSR count). The molecule has 0 heterocycles. The molecule has 0 radical (unpaired) electrons. The topological polar surface area (TPSA) is 50.4 Å². The fourth-order valence-electron chi connectivity index (χ4n) is 3.11. The second kappa shape index (κ2) is 6.78. The van der Waals surface area contributed by atoms with Crippen molar-refractivity contribution in [2.24, 2.45) is 10.7 Å². The van der Waals surface area contributed by atoms with Crippen LogP contribution in [0.5, 0.6) is 0 Å². The lowest BCUT2D eigenvalue weighted by Gasteiger charge is -2.28. The minimum Gasteiger partial charge on any atom is -0.370 e. The maximum Gasteiger partial charge on any atom is 0.188 e. The Labute approximate surface area is 122 Å². The SMILES string of the molecule is CCCNC(N)=NCC1(c2cccc(C)c2)CCCC1. The van der Waals surface area contributed by atoms with Crippen LogP contribution in [0.25, 0.3) is 0 Å². The van der Waals surface area contributed by atoms with Crippen LogP contribution >= 0.6 is 0 Å². The zero-order valence-corrected chi connectivity index (χ0v) is 12.8. The first kappa shape index (κ1) is 14.9. The van der Waals surface area contributed by atoms with Gasteiger partial charge in [0.15, 0.2) is 5.96 Å². The molecule has 0 aromatic heterocycles. The van der Waals surface area contributed by atoms with Crippen molar-refractivity contribution in [2.45, 2.75) is 51.4 Å². The summed E-state index contributed by atoms with van der Waals surface area (Å²) < 4.78 is 0. The summed E-state index contributed by atoms with van der Waals surface area (Å²) in [6.45, 7) is 5.99. The lowest BCUT2D eigenvalue weighted by atomic mass is 9.78. The Bertz CT molecular complexity index is 459. The van der Waals surface area contributed by atoms with Gasteiger partial charge in [-0.05, 0) is 31.7 Å². The highest BCUT2D eigenvalue weighted by Crippen LogP contribution is 2.41. The van der Waals surface area contributed by atoms with E-state index in [1.807, 2.05) is 0 Å². The van der Waals surface area contributed by atoms with E-state index in [1.54, 1.807) is 0 Å². The van der Waals surface area contributed by atoms with Crippen LogP contribution < -0.4 is 11.1 Å². The van der Waals surface area contributed by atoms with Gasteiger partial charge in [0.05, 0.1) is 6.54 Å². The molecule has 1 aliphatic rings. The smallest absolute Gasteiger partial charge is 0.188 e. The summed E-state index contributed by atoms with van der Waals surface area (Å²) in [4.78, 5) is 4.61. The molecule has 0 saturated heterocycles. The van der Waals surface area contributed by atoms with Crippen molar-refractivity contribution in [3.63, 3.8) is 0 Å². The van der Waals surface area contributed by atoms with Crippen LogP contribution in [-0.2, 0) is 5.41 Å². The Morgan fingerprint density at radius 3 is 2.75 bits per heavy atom. The van der Waals surface area contributed by atoms with Gasteiger partial charge in [-0.15, -0.1) is 0 Å². The first-order valence-electron chi connectivity index (χ1n) is 7.77. The molecule has 1 fully saturated rings. The fraction of sp³-hybridized carbons (Fsp3) is 0.588. The van der Waals surface area contributed by atoms with E-state index in [-0.39, 0.29) is 5.41 Å². The molecular weight excluding hydrogens is 246 g/mol. The maximum absolute atomic E-state index is 5.94. The molecule has 0 unspecified atom stereocenters. The molecule has 1 saturated carbocycles. The first-order valence-corrected chi connectivity index (χ1v) is 7.77. The van der Waals surface area contributed by atoms with E-state index >= 15 is 0 Å².